The van der Waals surface area contributed by atoms with Crippen LogP contribution in [0.1, 0.15) is 13.3 Å². The zero-order chi connectivity index (χ0) is 9.36. The van der Waals surface area contributed by atoms with Crippen molar-refractivity contribution in [3.05, 3.63) is 30.3 Å². The Hall–Kier alpha value is -0.470. The summed E-state index contributed by atoms with van der Waals surface area (Å²) in [5, 5.41) is 3.38. The van der Waals surface area contributed by atoms with Gasteiger partial charge in [-0.05, 0) is 25.1 Å². The van der Waals surface area contributed by atoms with Crippen LogP contribution in [-0.2, 0) is 0 Å². The van der Waals surface area contributed by atoms with Gasteiger partial charge in [0.15, 0.2) is 0 Å². The minimum Gasteiger partial charge on any atom is -0.316 e. The van der Waals surface area contributed by atoms with Crippen LogP contribution in [-0.4, -0.2) is 18.8 Å². The van der Waals surface area contributed by atoms with E-state index in [-0.39, 0.29) is 0 Å². The van der Waals surface area contributed by atoms with Gasteiger partial charge in [-0.25, -0.2) is 0 Å². The molecule has 13 heavy (non-hydrogen) atoms. The molecular formula is C11H17NS. The maximum atomic E-state index is 3.38. The zero-order valence-electron chi connectivity index (χ0n) is 8.12. The minimum atomic E-state index is 1.10. The highest BCUT2D eigenvalue weighted by molar-refractivity contribution is 7.99. The molecule has 0 aromatic heterocycles. The molecule has 0 saturated carbocycles. The Morgan fingerprint density at radius 1 is 1.15 bits per heavy atom. The Morgan fingerprint density at radius 3 is 2.62 bits per heavy atom. The van der Waals surface area contributed by atoms with Crippen molar-refractivity contribution in [2.24, 2.45) is 0 Å². The second kappa shape index (κ2) is 6.98. The van der Waals surface area contributed by atoms with Crippen molar-refractivity contribution in [1.29, 1.82) is 0 Å². The molecule has 1 aromatic rings. The summed E-state index contributed by atoms with van der Waals surface area (Å²) in [7, 11) is 0. The van der Waals surface area contributed by atoms with Crippen molar-refractivity contribution in [3.63, 3.8) is 0 Å². The third-order valence-electron chi connectivity index (χ3n) is 1.72. The zero-order valence-corrected chi connectivity index (χ0v) is 8.94. The minimum absolute atomic E-state index is 1.10. The Kier molecular flexibility index (Phi) is 5.70. The SMILES string of the molecule is CCCNCCSc1ccccc1. The van der Waals surface area contributed by atoms with E-state index >= 15 is 0 Å². The lowest BCUT2D eigenvalue weighted by Crippen LogP contribution is -2.17. The fraction of sp³-hybridized carbons (Fsp3) is 0.455. The van der Waals surface area contributed by atoms with Crippen LogP contribution in [0.15, 0.2) is 35.2 Å². The van der Waals surface area contributed by atoms with Crippen LogP contribution in [0.3, 0.4) is 0 Å². The summed E-state index contributed by atoms with van der Waals surface area (Å²) in [5.74, 6) is 1.16. The summed E-state index contributed by atoms with van der Waals surface area (Å²) in [6.07, 6.45) is 1.22. The molecule has 0 bridgehead atoms. The van der Waals surface area contributed by atoms with E-state index in [1.165, 1.54) is 11.3 Å². The Morgan fingerprint density at radius 2 is 1.92 bits per heavy atom. The molecule has 0 aliphatic carbocycles. The van der Waals surface area contributed by atoms with Crippen molar-refractivity contribution in [1.82, 2.24) is 5.32 Å². The summed E-state index contributed by atoms with van der Waals surface area (Å²) >= 11 is 1.91. The van der Waals surface area contributed by atoms with Crippen LogP contribution >= 0.6 is 11.8 Å². The van der Waals surface area contributed by atoms with E-state index in [1.54, 1.807) is 0 Å². The summed E-state index contributed by atoms with van der Waals surface area (Å²) in [5.41, 5.74) is 0. The molecule has 0 unspecified atom stereocenters. The monoisotopic (exact) mass is 195 g/mol. The number of rotatable bonds is 6. The fourth-order valence-corrected chi connectivity index (χ4v) is 1.89. The van der Waals surface area contributed by atoms with E-state index < -0.39 is 0 Å². The van der Waals surface area contributed by atoms with Crippen LogP contribution in [0.25, 0.3) is 0 Å². The van der Waals surface area contributed by atoms with E-state index in [9.17, 15) is 0 Å². The van der Waals surface area contributed by atoms with Crippen molar-refractivity contribution in [2.75, 3.05) is 18.8 Å². The topological polar surface area (TPSA) is 12.0 Å². The average molecular weight is 195 g/mol. The number of nitrogens with one attached hydrogen (secondary N) is 1. The molecule has 72 valence electrons. The molecule has 0 atom stereocenters. The molecule has 1 N–H and O–H groups in total. The first-order valence-electron chi connectivity index (χ1n) is 4.82. The summed E-state index contributed by atoms with van der Waals surface area (Å²) in [4.78, 5) is 1.36. The molecule has 1 nitrogen and oxygen atoms in total. The molecular weight excluding hydrogens is 178 g/mol. The quantitative estimate of drug-likeness (QED) is 0.553. The summed E-state index contributed by atoms with van der Waals surface area (Å²) < 4.78 is 0. The summed E-state index contributed by atoms with van der Waals surface area (Å²) in [6.45, 7) is 4.43. The van der Waals surface area contributed by atoms with Gasteiger partial charge in [-0.1, -0.05) is 25.1 Å². The van der Waals surface area contributed by atoms with Crippen molar-refractivity contribution < 1.29 is 0 Å². The first kappa shape index (κ1) is 10.6. The van der Waals surface area contributed by atoms with Crippen molar-refractivity contribution >= 4 is 11.8 Å². The van der Waals surface area contributed by atoms with Crippen LogP contribution in [0.4, 0.5) is 0 Å². The fourth-order valence-electron chi connectivity index (χ4n) is 1.06. The largest absolute Gasteiger partial charge is 0.316 e. The van der Waals surface area contributed by atoms with Crippen LogP contribution in [0.2, 0.25) is 0 Å². The number of hydrogen-bond donors (Lipinski definition) is 1. The van der Waals surface area contributed by atoms with E-state index in [4.69, 9.17) is 0 Å². The third kappa shape index (κ3) is 4.96. The first-order chi connectivity index (χ1) is 6.43. The molecule has 1 aromatic carbocycles. The van der Waals surface area contributed by atoms with Gasteiger partial charge in [0.05, 0.1) is 0 Å². The molecule has 0 saturated heterocycles. The second-order valence-electron chi connectivity index (χ2n) is 2.91. The van der Waals surface area contributed by atoms with Gasteiger partial charge in [0, 0.05) is 17.2 Å². The highest BCUT2D eigenvalue weighted by atomic mass is 32.2. The van der Waals surface area contributed by atoms with E-state index in [1.807, 2.05) is 11.8 Å². The average Bonchev–Trinajstić information content (AvgIpc) is 2.19. The third-order valence-corrected chi connectivity index (χ3v) is 2.73. The Bertz CT molecular complexity index is 211. The number of thioether (sulfide) groups is 1. The van der Waals surface area contributed by atoms with E-state index in [0.717, 1.165) is 18.8 Å². The first-order valence-corrected chi connectivity index (χ1v) is 5.80. The van der Waals surface area contributed by atoms with Gasteiger partial charge in [-0.2, -0.15) is 0 Å². The van der Waals surface area contributed by atoms with E-state index in [0.29, 0.717) is 0 Å². The molecule has 1 rings (SSSR count). The molecule has 0 aliphatic heterocycles. The standard InChI is InChI=1S/C11H17NS/c1-2-8-12-9-10-13-11-6-4-3-5-7-11/h3-7,12H,2,8-10H2,1H3. The van der Waals surface area contributed by atoms with E-state index in [2.05, 4.69) is 42.6 Å². The van der Waals surface area contributed by atoms with Crippen molar-refractivity contribution in [3.8, 4) is 0 Å². The van der Waals surface area contributed by atoms with Gasteiger partial charge >= 0.3 is 0 Å². The molecule has 0 amide bonds. The van der Waals surface area contributed by atoms with Gasteiger partial charge in [0.25, 0.3) is 0 Å². The lowest BCUT2D eigenvalue weighted by atomic mass is 10.4. The van der Waals surface area contributed by atoms with Crippen LogP contribution in [0, 0.1) is 0 Å². The van der Waals surface area contributed by atoms with Gasteiger partial charge in [-0.15, -0.1) is 11.8 Å². The van der Waals surface area contributed by atoms with Gasteiger partial charge < -0.3 is 5.32 Å². The molecule has 0 heterocycles. The highest BCUT2D eigenvalue weighted by Gasteiger charge is 1.90. The lowest BCUT2D eigenvalue weighted by molar-refractivity contribution is 0.707. The Labute approximate surface area is 84.9 Å². The smallest absolute Gasteiger partial charge is 0.0106 e. The van der Waals surface area contributed by atoms with Gasteiger partial charge in [0.2, 0.25) is 0 Å². The maximum Gasteiger partial charge on any atom is 0.0106 e. The molecule has 0 aliphatic rings. The maximum absolute atomic E-state index is 3.38. The molecule has 0 radical (unpaired) electrons. The summed E-state index contributed by atoms with van der Waals surface area (Å²) in [6, 6.07) is 10.5. The normalized spacial score (nSPS) is 10.2. The molecule has 0 fully saturated rings. The lowest BCUT2D eigenvalue weighted by Gasteiger charge is -2.02. The highest BCUT2D eigenvalue weighted by Crippen LogP contribution is 2.15. The molecule has 0 spiro atoms. The predicted molar refractivity (Wildman–Crippen MR) is 60.3 cm³/mol. The predicted octanol–water partition coefficient (Wildman–Crippen LogP) is 2.78. The Balaban J connectivity index is 2.07. The van der Waals surface area contributed by atoms with Gasteiger partial charge in [0.1, 0.15) is 0 Å². The van der Waals surface area contributed by atoms with Crippen LogP contribution in [0.5, 0.6) is 0 Å². The number of benzene rings is 1. The second-order valence-corrected chi connectivity index (χ2v) is 4.08. The molecule has 2 heteroatoms. The van der Waals surface area contributed by atoms with Gasteiger partial charge in [-0.3, -0.25) is 0 Å². The van der Waals surface area contributed by atoms with Crippen molar-refractivity contribution in [2.45, 2.75) is 18.2 Å². The number of hydrogen-bond acceptors (Lipinski definition) is 2. The van der Waals surface area contributed by atoms with Crippen LogP contribution < -0.4 is 5.32 Å².